The minimum atomic E-state index is 0.600. The normalized spacial score (nSPS) is 16.8. The predicted molar refractivity (Wildman–Crippen MR) is 52.6 cm³/mol. The number of fused-ring (bicyclic) bond motifs is 1. The Morgan fingerprint density at radius 1 is 1.10 bits per heavy atom. The van der Waals surface area contributed by atoms with Crippen molar-refractivity contribution in [2.75, 3.05) is 11.5 Å². The summed E-state index contributed by atoms with van der Waals surface area (Å²) in [6.07, 6.45) is 0. The maximum absolute atomic E-state index is 5.22. The molecule has 1 aliphatic rings. The Hall–Kier alpha value is 1.57. The van der Waals surface area contributed by atoms with Crippen molar-refractivity contribution in [2.24, 2.45) is 0 Å². The monoisotopic (exact) mass is 320 g/mol. The number of rotatable bonds is 0. The Balaban J connectivity index is 2.50. The molecule has 0 N–H and O–H groups in total. The van der Waals surface area contributed by atoms with Gasteiger partial charge in [-0.3, -0.25) is 0 Å². The van der Waals surface area contributed by atoms with Crippen LogP contribution in [0.2, 0.25) is 0 Å². The van der Waals surface area contributed by atoms with E-state index in [-0.39, 0.29) is 0 Å². The topological polar surface area (TPSA) is 0 Å². The van der Waals surface area contributed by atoms with Gasteiger partial charge in [-0.15, -0.1) is 0 Å². The summed E-state index contributed by atoms with van der Waals surface area (Å²) >= 11 is 10.5. The van der Waals surface area contributed by atoms with E-state index in [1.54, 1.807) is 7.54 Å². The summed E-state index contributed by atoms with van der Waals surface area (Å²) in [5.41, 5.74) is 0. The summed E-state index contributed by atoms with van der Waals surface area (Å²) in [6.45, 7) is 0. The van der Waals surface area contributed by atoms with Gasteiger partial charge in [-0.25, -0.2) is 0 Å². The molecule has 1 aromatic heterocycles. The molecule has 1 aromatic rings. The summed E-state index contributed by atoms with van der Waals surface area (Å²) in [6, 6.07) is 0. The van der Waals surface area contributed by atoms with Crippen LogP contribution in [0.15, 0.2) is 7.54 Å². The zero-order valence-corrected chi connectivity index (χ0v) is 10.8. The van der Waals surface area contributed by atoms with Crippen molar-refractivity contribution in [1.82, 2.24) is 0 Å². The first-order valence-electron chi connectivity index (χ1n) is 2.76. The van der Waals surface area contributed by atoms with Crippen LogP contribution in [-0.2, 0) is 0 Å². The van der Waals surface area contributed by atoms with Crippen LogP contribution in [0.5, 0.6) is 0 Å². The molecule has 0 saturated carbocycles. The summed E-state index contributed by atoms with van der Waals surface area (Å²) in [5.74, 6) is 2.62. The third-order valence-electron chi connectivity index (χ3n) is 1.07. The number of thioether (sulfide) groups is 2. The van der Waals surface area contributed by atoms with Crippen molar-refractivity contribution in [3.05, 3.63) is 2.26 Å². The van der Waals surface area contributed by atoms with Crippen molar-refractivity contribution >= 4 is 64.7 Å². The summed E-state index contributed by atoms with van der Waals surface area (Å²) < 4.78 is 4.69. The van der Waals surface area contributed by atoms with Gasteiger partial charge < -0.3 is 0 Å². The summed E-state index contributed by atoms with van der Waals surface area (Å²) in [7, 11) is 0. The zero-order chi connectivity index (χ0) is 6.97. The second-order valence-electron chi connectivity index (χ2n) is 1.73. The van der Waals surface area contributed by atoms with E-state index < -0.39 is 0 Å². The molecular weight excluding hydrogens is 314 g/mol. The summed E-state index contributed by atoms with van der Waals surface area (Å²) in [5, 5.41) is 0. The van der Waals surface area contributed by atoms with Crippen molar-refractivity contribution in [1.29, 1.82) is 0 Å². The average molecular weight is 318 g/mol. The van der Waals surface area contributed by atoms with Crippen LogP contribution in [0, 0.1) is 2.26 Å². The van der Waals surface area contributed by atoms with E-state index >= 15 is 0 Å². The van der Waals surface area contributed by atoms with Crippen LogP contribution in [0.3, 0.4) is 0 Å². The molecular formula is C5H4S3Se2. The Morgan fingerprint density at radius 2 is 1.60 bits per heavy atom. The predicted octanol–water partition coefficient (Wildman–Crippen LogP) is 1.73. The average Bonchev–Trinajstić information content (AvgIpc) is 2.27. The molecule has 2 heterocycles. The number of hydrogen-bond donors (Lipinski definition) is 0. The van der Waals surface area contributed by atoms with Gasteiger partial charge in [0.2, 0.25) is 0 Å². The van der Waals surface area contributed by atoms with Gasteiger partial charge in [0.1, 0.15) is 0 Å². The molecule has 54 valence electrons. The molecule has 0 aliphatic carbocycles. The first kappa shape index (κ1) is 8.18. The second-order valence-corrected chi connectivity index (χ2v) is 12.3. The van der Waals surface area contributed by atoms with Crippen LogP contribution in [0.25, 0.3) is 0 Å². The molecule has 10 heavy (non-hydrogen) atoms. The molecule has 1 aliphatic heterocycles. The van der Waals surface area contributed by atoms with Gasteiger partial charge in [0.25, 0.3) is 0 Å². The van der Waals surface area contributed by atoms with Crippen molar-refractivity contribution in [3.63, 3.8) is 0 Å². The van der Waals surface area contributed by atoms with Gasteiger partial charge in [0.15, 0.2) is 0 Å². The van der Waals surface area contributed by atoms with Gasteiger partial charge in [0.05, 0.1) is 0 Å². The van der Waals surface area contributed by atoms with Gasteiger partial charge >= 0.3 is 86.1 Å². The second kappa shape index (κ2) is 3.53. The molecule has 0 unspecified atom stereocenters. The Labute approximate surface area is 85.3 Å². The van der Waals surface area contributed by atoms with E-state index in [1.807, 2.05) is 0 Å². The standard InChI is InChI=1S/C5H4S3Se2/c6-5-9-3-4(10-5)8-2-1-7-3/h1-2H2. The fourth-order valence-corrected chi connectivity index (χ4v) is 13.2. The molecule has 0 amide bonds. The first-order valence-corrected chi connectivity index (χ1v) is 8.56. The van der Waals surface area contributed by atoms with Crippen molar-refractivity contribution in [3.8, 4) is 0 Å². The fraction of sp³-hybridized carbons (Fsp3) is 0.400. The van der Waals surface area contributed by atoms with Crippen LogP contribution in [0.4, 0.5) is 0 Å². The minimum absolute atomic E-state index is 0.600. The van der Waals surface area contributed by atoms with E-state index in [0.29, 0.717) is 29.0 Å². The summed E-state index contributed by atoms with van der Waals surface area (Å²) in [4.78, 5) is 0. The zero-order valence-electron chi connectivity index (χ0n) is 4.96. The molecule has 0 fully saturated rings. The molecule has 0 nitrogen and oxygen atoms in total. The molecule has 0 bridgehead atoms. The Morgan fingerprint density at radius 3 is 2.10 bits per heavy atom. The first-order chi connectivity index (χ1) is 4.86. The Kier molecular flexibility index (Phi) is 2.88. The molecule has 0 aromatic carbocycles. The van der Waals surface area contributed by atoms with Crippen molar-refractivity contribution < 1.29 is 0 Å². The SMILES string of the molecule is S=c1[se]c2c([se]1)SCCS2. The van der Waals surface area contributed by atoms with E-state index in [4.69, 9.17) is 12.2 Å². The van der Waals surface area contributed by atoms with Gasteiger partial charge in [0, 0.05) is 0 Å². The molecule has 5 heteroatoms. The van der Waals surface area contributed by atoms with E-state index in [9.17, 15) is 0 Å². The quantitative estimate of drug-likeness (QED) is 0.528. The van der Waals surface area contributed by atoms with Crippen LogP contribution in [0.1, 0.15) is 0 Å². The molecule has 2 rings (SSSR count). The van der Waals surface area contributed by atoms with Crippen LogP contribution < -0.4 is 0 Å². The number of hydrogen-bond acceptors (Lipinski definition) is 3. The molecule has 0 radical (unpaired) electrons. The molecule has 0 atom stereocenters. The van der Waals surface area contributed by atoms with E-state index in [1.165, 1.54) is 13.8 Å². The third kappa shape index (κ3) is 1.66. The molecule has 0 saturated heterocycles. The molecule has 0 spiro atoms. The van der Waals surface area contributed by atoms with Crippen molar-refractivity contribution in [2.45, 2.75) is 7.54 Å². The maximum atomic E-state index is 5.22. The third-order valence-corrected chi connectivity index (χ3v) is 11.8. The Bertz CT molecular complexity index is 261. The fourth-order valence-electron chi connectivity index (χ4n) is 0.701. The van der Waals surface area contributed by atoms with E-state index in [0.717, 1.165) is 0 Å². The van der Waals surface area contributed by atoms with Gasteiger partial charge in [-0.2, -0.15) is 0 Å². The van der Waals surface area contributed by atoms with Crippen LogP contribution in [-0.4, -0.2) is 40.5 Å². The van der Waals surface area contributed by atoms with Crippen LogP contribution >= 0.6 is 35.7 Å². The van der Waals surface area contributed by atoms with Gasteiger partial charge in [-0.05, 0) is 0 Å². The van der Waals surface area contributed by atoms with E-state index in [2.05, 4.69) is 23.5 Å². The van der Waals surface area contributed by atoms with Gasteiger partial charge in [-0.1, -0.05) is 0 Å².